The van der Waals surface area contributed by atoms with Gasteiger partial charge in [-0.25, -0.2) is 9.97 Å². The lowest BCUT2D eigenvalue weighted by Gasteiger charge is -2.33. The molecule has 0 spiro atoms. The predicted octanol–water partition coefficient (Wildman–Crippen LogP) is 0.221. The summed E-state index contributed by atoms with van der Waals surface area (Å²) in [7, 11) is 1.74. The Morgan fingerprint density at radius 1 is 1.41 bits per heavy atom. The van der Waals surface area contributed by atoms with Gasteiger partial charge in [0.1, 0.15) is 17.3 Å². The van der Waals surface area contributed by atoms with Gasteiger partial charge in [-0.3, -0.25) is 9.59 Å². The summed E-state index contributed by atoms with van der Waals surface area (Å²) >= 11 is 5.81. The van der Waals surface area contributed by atoms with Gasteiger partial charge in [0.2, 0.25) is 5.91 Å². The number of piperazine rings is 1. The fourth-order valence-electron chi connectivity index (χ4n) is 1.66. The number of rotatable bonds is 2. The van der Waals surface area contributed by atoms with E-state index in [1.807, 2.05) is 0 Å². The first-order valence-electron chi connectivity index (χ1n) is 5.08. The third kappa shape index (κ3) is 2.21. The van der Waals surface area contributed by atoms with Crippen molar-refractivity contribution < 1.29 is 9.59 Å². The number of likely N-dealkylation sites (N-methyl/N-ethyl adjacent to an activating group) is 1. The molecule has 0 N–H and O–H groups in total. The molecule has 1 aromatic rings. The second kappa shape index (κ2) is 4.67. The lowest BCUT2D eigenvalue weighted by atomic mass is 10.2. The molecule has 1 amide bonds. The first kappa shape index (κ1) is 11.8. The molecule has 0 aromatic carbocycles. The molecule has 2 heterocycles. The van der Waals surface area contributed by atoms with E-state index in [0.29, 0.717) is 25.2 Å². The van der Waals surface area contributed by atoms with Crippen molar-refractivity contribution in [3.05, 3.63) is 17.0 Å². The van der Waals surface area contributed by atoms with Crippen LogP contribution >= 0.6 is 11.6 Å². The first-order valence-corrected chi connectivity index (χ1v) is 5.46. The highest BCUT2D eigenvalue weighted by molar-refractivity contribution is 6.32. The minimum Gasteiger partial charge on any atom is -0.345 e. The zero-order valence-electron chi connectivity index (χ0n) is 9.26. The van der Waals surface area contributed by atoms with Crippen molar-refractivity contribution in [1.82, 2.24) is 14.9 Å². The zero-order chi connectivity index (χ0) is 12.4. The lowest BCUT2D eigenvalue weighted by molar-refractivity contribution is -0.129. The van der Waals surface area contributed by atoms with Gasteiger partial charge in [-0.05, 0) is 0 Å². The number of hydrogen-bond donors (Lipinski definition) is 0. The van der Waals surface area contributed by atoms with Crippen LogP contribution in [0.3, 0.4) is 0 Å². The Bertz CT molecular complexity index is 466. The first-order chi connectivity index (χ1) is 8.13. The smallest absolute Gasteiger partial charge is 0.241 e. The third-order valence-corrected chi connectivity index (χ3v) is 2.99. The predicted molar refractivity (Wildman–Crippen MR) is 62.3 cm³/mol. The molecule has 1 fully saturated rings. The van der Waals surface area contributed by atoms with Gasteiger partial charge in [0.25, 0.3) is 0 Å². The fourth-order valence-corrected chi connectivity index (χ4v) is 1.83. The monoisotopic (exact) mass is 254 g/mol. The maximum Gasteiger partial charge on any atom is 0.241 e. The van der Waals surface area contributed by atoms with Crippen LogP contribution < -0.4 is 4.90 Å². The van der Waals surface area contributed by atoms with E-state index >= 15 is 0 Å². The highest BCUT2D eigenvalue weighted by Crippen LogP contribution is 2.22. The van der Waals surface area contributed by atoms with E-state index in [1.54, 1.807) is 16.8 Å². The summed E-state index contributed by atoms with van der Waals surface area (Å²) in [4.78, 5) is 33.7. The number of nitrogens with zero attached hydrogens (tertiary/aromatic N) is 4. The summed E-state index contributed by atoms with van der Waals surface area (Å²) < 4.78 is 0. The molecule has 90 valence electrons. The van der Waals surface area contributed by atoms with Crippen LogP contribution in [-0.2, 0) is 4.79 Å². The Morgan fingerprint density at radius 3 is 2.82 bits per heavy atom. The van der Waals surface area contributed by atoms with Crippen LogP contribution in [-0.4, -0.2) is 53.7 Å². The van der Waals surface area contributed by atoms with Gasteiger partial charge in [-0.15, -0.1) is 0 Å². The van der Waals surface area contributed by atoms with Crippen molar-refractivity contribution in [2.24, 2.45) is 0 Å². The highest BCUT2D eigenvalue weighted by Gasteiger charge is 2.24. The number of halogens is 1. The molecule has 1 saturated heterocycles. The van der Waals surface area contributed by atoms with Gasteiger partial charge in [-0.1, -0.05) is 11.6 Å². The van der Waals surface area contributed by atoms with Crippen molar-refractivity contribution in [3.63, 3.8) is 0 Å². The number of amides is 1. The van der Waals surface area contributed by atoms with Gasteiger partial charge in [0.05, 0.1) is 12.1 Å². The molecule has 7 heteroatoms. The van der Waals surface area contributed by atoms with Crippen LogP contribution in [0.4, 0.5) is 5.82 Å². The van der Waals surface area contributed by atoms with Crippen LogP contribution in [0.25, 0.3) is 0 Å². The molecule has 2 rings (SSSR count). The van der Waals surface area contributed by atoms with Crippen LogP contribution in [0.2, 0.25) is 5.15 Å². The Morgan fingerprint density at radius 2 is 2.18 bits per heavy atom. The van der Waals surface area contributed by atoms with Crippen molar-refractivity contribution in [2.45, 2.75) is 0 Å². The van der Waals surface area contributed by atoms with Crippen molar-refractivity contribution in [2.75, 3.05) is 31.6 Å². The van der Waals surface area contributed by atoms with Crippen LogP contribution in [0.15, 0.2) is 6.33 Å². The minimum atomic E-state index is -0.0113. The molecule has 0 atom stereocenters. The fraction of sp³-hybridized carbons (Fsp3) is 0.400. The summed E-state index contributed by atoms with van der Waals surface area (Å²) in [6.45, 7) is 1.42. The lowest BCUT2D eigenvalue weighted by Crippen LogP contribution is -2.49. The van der Waals surface area contributed by atoms with Gasteiger partial charge in [0, 0.05) is 20.1 Å². The SMILES string of the molecule is CN1CCN(c2ncnc(Cl)c2C=O)CC1=O. The quantitative estimate of drug-likeness (QED) is 0.558. The Balaban J connectivity index is 2.32. The number of carbonyl (C=O) groups is 2. The molecule has 6 nitrogen and oxygen atoms in total. The van der Waals surface area contributed by atoms with E-state index in [-0.39, 0.29) is 23.2 Å². The van der Waals surface area contributed by atoms with E-state index in [1.165, 1.54) is 6.33 Å². The highest BCUT2D eigenvalue weighted by atomic mass is 35.5. The molecule has 1 aliphatic rings. The van der Waals surface area contributed by atoms with E-state index < -0.39 is 0 Å². The molecule has 0 bridgehead atoms. The van der Waals surface area contributed by atoms with Crippen molar-refractivity contribution in [3.8, 4) is 0 Å². The van der Waals surface area contributed by atoms with Crippen molar-refractivity contribution >= 4 is 29.6 Å². The van der Waals surface area contributed by atoms with E-state index in [4.69, 9.17) is 11.6 Å². The molecule has 0 unspecified atom stereocenters. The number of carbonyl (C=O) groups excluding carboxylic acids is 2. The molecule has 1 aliphatic heterocycles. The van der Waals surface area contributed by atoms with Crippen molar-refractivity contribution in [1.29, 1.82) is 0 Å². The van der Waals surface area contributed by atoms with E-state index in [0.717, 1.165) is 0 Å². The van der Waals surface area contributed by atoms with E-state index in [2.05, 4.69) is 9.97 Å². The molecule has 0 radical (unpaired) electrons. The molecule has 17 heavy (non-hydrogen) atoms. The maximum absolute atomic E-state index is 11.6. The number of aldehydes is 1. The largest absolute Gasteiger partial charge is 0.345 e. The minimum absolute atomic E-state index is 0.0113. The standard InChI is InChI=1S/C10H11ClN4O2/c1-14-2-3-15(4-8(14)17)10-7(5-16)9(11)12-6-13-10/h5-6H,2-4H2,1H3. The Labute approximate surface area is 103 Å². The van der Waals surface area contributed by atoms with Gasteiger partial charge in [0.15, 0.2) is 6.29 Å². The molecule has 0 aliphatic carbocycles. The van der Waals surface area contributed by atoms with Crippen LogP contribution in [0.1, 0.15) is 10.4 Å². The molecule has 0 saturated carbocycles. The molecular weight excluding hydrogens is 244 g/mol. The summed E-state index contributed by atoms with van der Waals surface area (Å²) in [5.74, 6) is 0.407. The van der Waals surface area contributed by atoms with Gasteiger partial charge >= 0.3 is 0 Å². The maximum atomic E-state index is 11.6. The normalized spacial score (nSPS) is 16.2. The molecule has 1 aromatic heterocycles. The average molecular weight is 255 g/mol. The number of aromatic nitrogens is 2. The third-order valence-electron chi connectivity index (χ3n) is 2.69. The van der Waals surface area contributed by atoms with Crippen LogP contribution in [0.5, 0.6) is 0 Å². The number of anilines is 1. The average Bonchev–Trinajstić information content (AvgIpc) is 2.32. The summed E-state index contributed by atoms with van der Waals surface area (Å²) in [6.07, 6.45) is 1.90. The molecular formula is C10H11ClN4O2. The summed E-state index contributed by atoms with van der Waals surface area (Å²) in [5.41, 5.74) is 0.228. The van der Waals surface area contributed by atoms with Gasteiger partial charge < -0.3 is 9.80 Å². The summed E-state index contributed by atoms with van der Waals surface area (Å²) in [6, 6.07) is 0. The van der Waals surface area contributed by atoms with Crippen LogP contribution in [0, 0.1) is 0 Å². The topological polar surface area (TPSA) is 66.4 Å². The Kier molecular flexibility index (Phi) is 3.23. The van der Waals surface area contributed by atoms with Gasteiger partial charge in [-0.2, -0.15) is 0 Å². The summed E-state index contributed by atoms with van der Waals surface area (Å²) in [5, 5.41) is 0.108. The zero-order valence-corrected chi connectivity index (χ0v) is 10.0. The van der Waals surface area contributed by atoms with E-state index in [9.17, 15) is 9.59 Å². The number of hydrogen-bond acceptors (Lipinski definition) is 5. The second-order valence-corrected chi connectivity index (χ2v) is 4.11. The Hall–Kier alpha value is -1.69. The second-order valence-electron chi connectivity index (χ2n) is 3.76.